The van der Waals surface area contributed by atoms with Crippen LogP contribution in [0.25, 0.3) is 0 Å². The van der Waals surface area contributed by atoms with Gasteiger partial charge in [0.05, 0.1) is 0 Å². The molecule has 0 aliphatic carbocycles. The molecule has 3 rings (SSSR count). The van der Waals surface area contributed by atoms with Crippen LogP contribution in [0.15, 0.2) is 6.07 Å². The minimum absolute atomic E-state index is 0.434. The number of thiophene rings is 1. The maximum absolute atomic E-state index is 6.24. The summed E-state index contributed by atoms with van der Waals surface area (Å²) >= 11 is 1.94. The summed E-state index contributed by atoms with van der Waals surface area (Å²) in [5.74, 6) is 0. The van der Waals surface area contributed by atoms with Crippen LogP contribution in [0.3, 0.4) is 0 Å². The molecule has 0 saturated carbocycles. The van der Waals surface area contributed by atoms with Crippen molar-refractivity contribution < 1.29 is 0 Å². The first-order valence-electron chi connectivity index (χ1n) is 7.66. The molecule has 0 amide bonds. The zero-order valence-corrected chi connectivity index (χ0v) is 13.2. The molecule has 1 aromatic rings. The van der Waals surface area contributed by atoms with Gasteiger partial charge in [-0.1, -0.05) is 6.42 Å². The Labute approximate surface area is 121 Å². The highest BCUT2D eigenvalue weighted by atomic mass is 32.1. The third-order valence-corrected chi connectivity index (χ3v) is 6.03. The lowest BCUT2D eigenvalue weighted by Gasteiger charge is -2.51. The highest BCUT2D eigenvalue weighted by molar-refractivity contribution is 7.12. The summed E-state index contributed by atoms with van der Waals surface area (Å²) in [6, 6.07) is 4.83. The van der Waals surface area contributed by atoms with Gasteiger partial charge in [-0.3, -0.25) is 4.90 Å². The number of nitrogens with zero attached hydrogens (tertiary/aromatic N) is 1. The van der Waals surface area contributed by atoms with E-state index in [9.17, 15) is 0 Å². The van der Waals surface area contributed by atoms with Crippen LogP contribution in [-0.4, -0.2) is 23.0 Å². The number of hydrogen-bond acceptors (Lipinski definition) is 3. The van der Waals surface area contributed by atoms with Crippen LogP contribution in [-0.2, 0) is 0 Å². The van der Waals surface area contributed by atoms with Crippen molar-refractivity contribution in [2.75, 3.05) is 0 Å². The SMILES string of the molecule is Cc1cc(C(C)N2C3CCCC2CC(N)C3)c(C)s1. The maximum Gasteiger partial charge on any atom is 0.0336 e. The average Bonchev–Trinajstić information content (AvgIpc) is 2.66. The molecule has 2 nitrogen and oxygen atoms in total. The summed E-state index contributed by atoms with van der Waals surface area (Å²) < 4.78 is 0. The van der Waals surface area contributed by atoms with Gasteiger partial charge in [0.2, 0.25) is 0 Å². The summed E-state index contributed by atoms with van der Waals surface area (Å²) in [4.78, 5) is 5.73. The highest BCUT2D eigenvalue weighted by Crippen LogP contribution is 2.41. The topological polar surface area (TPSA) is 29.3 Å². The zero-order chi connectivity index (χ0) is 13.6. The van der Waals surface area contributed by atoms with Gasteiger partial charge in [-0.05, 0) is 58.1 Å². The molecule has 3 heterocycles. The fraction of sp³-hybridized carbons (Fsp3) is 0.750. The lowest BCUT2D eigenvalue weighted by molar-refractivity contribution is -0.000553. The molecule has 2 saturated heterocycles. The number of piperidine rings is 2. The minimum atomic E-state index is 0.434. The van der Waals surface area contributed by atoms with E-state index in [-0.39, 0.29) is 0 Å². The predicted molar refractivity (Wildman–Crippen MR) is 82.7 cm³/mol. The fourth-order valence-corrected chi connectivity index (χ4v) is 5.33. The quantitative estimate of drug-likeness (QED) is 0.892. The second-order valence-electron chi connectivity index (χ2n) is 6.46. The summed E-state index contributed by atoms with van der Waals surface area (Å²) in [7, 11) is 0. The van der Waals surface area contributed by atoms with Gasteiger partial charge in [-0.2, -0.15) is 0 Å². The molecule has 1 aromatic heterocycles. The first kappa shape index (κ1) is 13.6. The van der Waals surface area contributed by atoms with Crippen LogP contribution < -0.4 is 5.73 Å². The third kappa shape index (κ3) is 2.48. The van der Waals surface area contributed by atoms with Crippen LogP contribution in [0.5, 0.6) is 0 Å². The molecular formula is C16H26N2S. The Bertz CT molecular complexity index is 440. The molecule has 3 atom stereocenters. The first-order chi connectivity index (χ1) is 9.06. The van der Waals surface area contributed by atoms with Gasteiger partial charge in [0, 0.05) is 33.9 Å². The van der Waals surface area contributed by atoms with Gasteiger partial charge in [0.15, 0.2) is 0 Å². The van der Waals surface area contributed by atoms with E-state index >= 15 is 0 Å². The molecule has 2 N–H and O–H groups in total. The van der Waals surface area contributed by atoms with Gasteiger partial charge in [-0.15, -0.1) is 11.3 Å². The van der Waals surface area contributed by atoms with Crippen molar-refractivity contribution in [1.29, 1.82) is 0 Å². The van der Waals surface area contributed by atoms with Gasteiger partial charge >= 0.3 is 0 Å². The molecule has 2 aliphatic heterocycles. The normalized spacial score (nSPS) is 33.4. The van der Waals surface area contributed by atoms with Gasteiger partial charge in [0.1, 0.15) is 0 Å². The van der Waals surface area contributed by atoms with Crippen molar-refractivity contribution in [3.05, 3.63) is 21.4 Å². The standard InChI is InChI=1S/C16H26N2S/c1-10-7-16(12(3)19-10)11(2)18-14-5-4-6-15(18)9-13(17)8-14/h7,11,13-15H,4-6,8-9,17H2,1-3H3. The Hall–Kier alpha value is -0.380. The number of nitrogens with two attached hydrogens (primary N) is 1. The second kappa shape index (κ2) is 5.19. The predicted octanol–water partition coefficient (Wildman–Crippen LogP) is 3.77. The van der Waals surface area contributed by atoms with E-state index in [4.69, 9.17) is 5.73 Å². The Morgan fingerprint density at radius 2 is 1.89 bits per heavy atom. The zero-order valence-electron chi connectivity index (χ0n) is 12.4. The lowest BCUT2D eigenvalue weighted by Crippen LogP contribution is -2.55. The first-order valence-corrected chi connectivity index (χ1v) is 8.48. The monoisotopic (exact) mass is 278 g/mol. The van der Waals surface area contributed by atoms with Crippen LogP contribution in [0.2, 0.25) is 0 Å². The van der Waals surface area contributed by atoms with Crippen molar-refractivity contribution in [2.24, 2.45) is 5.73 Å². The molecule has 3 heteroatoms. The van der Waals surface area contributed by atoms with Crippen LogP contribution in [0.4, 0.5) is 0 Å². The Kier molecular flexibility index (Phi) is 3.71. The lowest BCUT2D eigenvalue weighted by atomic mass is 9.80. The van der Waals surface area contributed by atoms with E-state index in [2.05, 4.69) is 31.7 Å². The Morgan fingerprint density at radius 1 is 1.26 bits per heavy atom. The second-order valence-corrected chi connectivity index (χ2v) is 7.92. The maximum atomic E-state index is 6.24. The van der Waals surface area contributed by atoms with E-state index < -0.39 is 0 Å². The summed E-state index contributed by atoms with van der Waals surface area (Å²) in [5.41, 5.74) is 7.79. The third-order valence-electron chi connectivity index (χ3n) is 5.04. The van der Waals surface area contributed by atoms with Crippen LogP contribution >= 0.6 is 11.3 Å². The molecule has 0 aromatic carbocycles. The summed E-state index contributed by atoms with van der Waals surface area (Å²) in [6.45, 7) is 6.90. The number of rotatable bonds is 2. The molecule has 0 radical (unpaired) electrons. The van der Waals surface area contributed by atoms with Crippen molar-refractivity contribution in [3.63, 3.8) is 0 Å². The number of aryl methyl sites for hydroxylation is 2. The molecule has 2 bridgehead atoms. The van der Waals surface area contributed by atoms with Gasteiger partial charge in [0.25, 0.3) is 0 Å². The highest BCUT2D eigenvalue weighted by Gasteiger charge is 2.40. The average molecular weight is 278 g/mol. The molecule has 106 valence electrons. The molecule has 3 unspecified atom stereocenters. The van der Waals surface area contributed by atoms with Gasteiger partial charge in [-0.25, -0.2) is 0 Å². The smallest absolute Gasteiger partial charge is 0.0336 e. The largest absolute Gasteiger partial charge is 0.328 e. The molecular weight excluding hydrogens is 252 g/mol. The van der Waals surface area contributed by atoms with E-state index in [1.54, 1.807) is 5.56 Å². The summed E-state index contributed by atoms with van der Waals surface area (Å²) in [5, 5.41) is 0. The van der Waals surface area contributed by atoms with Crippen molar-refractivity contribution in [1.82, 2.24) is 4.90 Å². The van der Waals surface area contributed by atoms with Crippen molar-refractivity contribution in [2.45, 2.75) is 77.0 Å². The number of fused-ring (bicyclic) bond motifs is 2. The molecule has 0 spiro atoms. The van der Waals surface area contributed by atoms with E-state index in [0.29, 0.717) is 12.1 Å². The molecule has 2 aliphatic rings. The molecule has 2 fully saturated rings. The van der Waals surface area contributed by atoms with E-state index in [0.717, 1.165) is 12.1 Å². The fourth-order valence-electron chi connectivity index (χ4n) is 4.32. The number of hydrogen-bond donors (Lipinski definition) is 1. The minimum Gasteiger partial charge on any atom is -0.328 e. The molecule has 19 heavy (non-hydrogen) atoms. The van der Waals surface area contributed by atoms with Gasteiger partial charge < -0.3 is 5.73 Å². The van der Waals surface area contributed by atoms with Crippen LogP contribution in [0, 0.1) is 13.8 Å². The Balaban J connectivity index is 1.86. The Morgan fingerprint density at radius 3 is 2.42 bits per heavy atom. The van der Waals surface area contributed by atoms with Crippen LogP contribution in [0.1, 0.15) is 60.4 Å². The van der Waals surface area contributed by atoms with Crippen molar-refractivity contribution in [3.8, 4) is 0 Å². The van der Waals surface area contributed by atoms with E-state index in [1.165, 1.54) is 41.9 Å². The van der Waals surface area contributed by atoms with E-state index in [1.807, 2.05) is 11.3 Å². The van der Waals surface area contributed by atoms with Crippen molar-refractivity contribution >= 4 is 11.3 Å². The summed E-state index contributed by atoms with van der Waals surface area (Å²) in [6.07, 6.45) is 6.48.